The Morgan fingerprint density at radius 3 is 2.39 bits per heavy atom. The third-order valence-corrected chi connectivity index (χ3v) is 8.74. The molecule has 3 aliphatic rings. The number of amides is 1. The fraction of sp³-hybridized carbons (Fsp3) is 0.576. The second-order valence-electron chi connectivity index (χ2n) is 13.4. The number of rotatable bonds is 8. The molecule has 3 fully saturated rings. The van der Waals surface area contributed by atoms with Crippen LogP contribution in [0.4, 0.5) is 5.69 Å². The van der Waals surface area contributed by atoms with Crippen molar-refractivity contribution in [1.29, 1.82) is 0 Å². The summed E-state index contributed by atoms with van der Waals surface area (Å²) < 4.78 is 18.1. The van der Waals surface area contributed by atoms with Crippen molar-refractivity contribution < 1.29 is 28.9 Å². The molecule has 1 aliphatic carbocycles. The summed E-state index contributed by atoms with van der Waals surface area (Å²) in [4.78, 5) is 26.2. The number of carbonyl (C=O) groups is 2. The lowest BCUT2D eigenvalue weighted by Gasteiger charge is -2.41. The van der Waals surface area contributed by atoms with Gasteiger partial charge >= 0.3 is 5.97 Å². The van der Waals surface area contributed by atoms with E-state index < -0.39 is 24.3 Å². The van der Waals surface area contributed by atoms with Gasteiger partial charge in [-0.15, -0.1) is 0 Å². The highest BCUT2D eigenvalue weighted by atomic mass is 16.7. The summed E-state index contributed by atoms with van der Waals surface area (Å²) in [6.07, 6.45) is 2.87. The number of carbonyl (C=O) groups excluding carboxylic acids is 2. The molecule has 2 aromatic carbocycles. The zero-order chi connectivity index (χ0) is 29.4. The first-order valence-electron chi connectivity index (χ1n) is 14.7. The molecule has 1 amide bonds. The summed E-state index contributed by atoms with van der Waals surface area (Å²) in [5, 5.41) is 12.3. The van der Waals surface area contributed by atoms with Gasteiger partial charge in [0.2, 0.25) is 0 Å². The molecule has 41 heavy (non-hydrogen) atoms. The molecule has 0 aromatic heterocycles. The number of anilines is 1. The highest BCUT2D eigenvalue weighted by Gasteiger charge is 2.50. The van der Waals surface area contributed by atoms with Gasteiger partial charge in [-0.25, -0.2) is 0 Å². The molecule has 1 saturated carbocycles. The van der Waals surface area contributed by atoms with Crippen LogP contribution < -0.4 is 5.32 Å². The van der Waals surface area contributed by atoms with Gasteiger partial charge in [0.25, 0.3) is 5.91 Å². The summed E-state index contributed by atoms with van der Waals surface area (Å²) in [5.74, 6) is -0.892. The van der Waals surface area contributed by atoms with Crippen LogP contribution in [-0.2, 0) is 30.4 Å². The molecule has 222 valence electrons. The maximum atomic E-state index is 12.4. The van der Waals surface area contributed by atoms with Crippen LogP contribution in [0.2, 0.25) is 0 Å². The molecule has 8 heteroatoms. The van der Waals surface area contributed by atoms with Crippen LogP contribution in [0.1, 0.15) is 89.4 Å². The fourth-order valence-electron chi connectivity index (χ4n) is 7.35. The van der Waals surface area contributed by atoms with Crippen molar-refractivity contribution in [3.05, 3.63) is 65.2 Å². The summed E-state index contributed by atoms with van der Waals surface area (Å²) in [6.45, 7) is 12.0. The first-order chi connectivity index (χ1) is 19.4. The van der Waals surface area contributed by atoms with E-state index in [1.165, 1.54) is 33.1 Å². The van der Waals surface area contributed by atoms with Gasteiger partial charge in [-0.1, -0.05) is 57.2 Å². The minimum Gasteiger partial charge on any atom is -0.453 e. The van der Waals surface area contributed by atoms with Crippen molar-refractivity contribution in [3.8, 4) is 0 Å². The van der Waals surface area contributed by atoms with Crippen LogP contribution in [0, 0.1) is 10.8 Å². The minimum absolute atomic E-state index is 0.00807. The van der Waals surface area contributed by atoms with Gasteiger partial charge in [-0.3, -0.25) is 14.5 Å². The average molecular weight is 565 g/mol. The number of nitrogens with zero attached hydrogens (tertiary/aromatic N) is 1. The van der Waals surface area contributed by atoms with Gasteiger partial charge in [0, 0.05) is 43.7 Å². The van der Waals surface area contributed by atoms with Crippen molar-refractivity contribution in [2.45, 2.75) is 97.6 Å². The molecule has 2 aliphatic heterocycles. The van der Waals surface area contributed by atoms with Gasteiger partial charge in [0.1, 0.15) is 0 Å². The van der Waals surface area contributed by atoms with Gasteiger partial charge < -0.3 is 24.6 Å². The number of nitrogens with one attached hydrogen (secondary N) is 1. The molecule has 6 unspecified atom stereocenters. The topological polar surface area (TPSA) is 97.3 Å². The quantitative estimate of drug-likeness (QED) is 0.408. The average Bonchev–Trinajstić information content (AvgIpc) is 3.15. The standard InChI is InChI=1S/C33H44N2O6/c1-21(39-22(2)37)30(38)34-26-12-10-25(11-13-26)31-40-28(14-29(41-31)24-8-6-23(18-36)7-9-24)17-35-20-33(5)16-27(35)15-32(3,4)19-33/h6-13,21,27-29,31,36H,14-20H2,1-5H3,(H,34,38). The van der Waals surface area contributed by atoms with Crippen LogP contribution in [0.25, 0.3) is 0 Å². The van der Waals surface area contributed by atoms with Crippen molar-refractivity contribution in [3.63, 3.8) is 0 Å². The van der Waals surface area contributed by atoms with Crippen LogP contribution in [0.5, 0.6) is 0 Å². The summed E-state index contributed by atoms with van der Waals surface area (Å²) >= 11 is 0. The number of benzene rings is 2. The van der Waals surface area contributed by atoms with Gasteiger partial charge in [-0.05, 0) is 60.3 Å². The number of fused-ring (bicyclic) bond motifs is 2. The van der Waals surface area contributed by atoms with E-state index in [2.05, 4.69) is 31.0 Å². The lowest BCUT2D eigenvalue weighted by atomic mass is 9.65. The van der Waals surface area contributed by atoms with E-state index in [0.29, 0.717) is 22.6 Å². The number of aliphatic hydroxyl groups is 1. The Hall–Kier alpha value is -2.78. The van der Waals surface area contributed by atoms with E-state index in [0.717, 1.165) is 36.2 Å². The molecule has 6 atom stereocenters. The van der Waals surface area contributed by atoms with E-state index in [1.54, 1.807) is 0 Å². The zero-order valence-corrected chi connectivity index (χ0v) is 24.9. The predicted octanol–water partition coefficient (Wildman–Crippen LogP) is 5.52. The van der Waals surface area contributed by atoms with Gasteiger partial charge in [0.05, 0.1) is 18.8 Å². The van der Waals surface area contributed by atoms with Crippen molar-refractivity contribution in [1.82, 2.24) is 4.90 Å². The maximum absolute atomic E-state index is 12.4. The molecule has 2 bridgehead atoms. The molecule has 2 saturated heterocycles. The van der Waals surface area contributed by atoms with Crippen molar-refractivity contribution >= 4 is 17.6 Å². The third kappa shape index (κ3) is 7.17. The van der Waals surface area contributed by atoms with Crippen LogP contribution in [0.3, 0.4) is 0 Å². The number of hydrogen-bond donors (Lipinski definition) is 2. The molecule has 0 radical (unpaired) electrons. The Bertz CT molecular complexity index is 1230. The first-order valence-corrected chi connectivity index (χ1v) is 14.7. The first kappa shape index (κ1) is 29.7. The molecule has 2 N–H and O–H groups in total. The monoisotopic (exact) mass is 564 g/mol. The van der Waals surface area contributed by atoms with Crippen LogP contribution in [-0.4, -0.2) is 53.2 Å². The number of aliphatic hydroxyl groups excluding tert-OH is 1. The SMILES string of the molecule is CC(=O)OC(C)C(=O)Nc1ccc(C2OC(CN3CC4(C)CC3CC(C)(C)C4)CC(c3ccc(CO)cc3)O2)cc1. The summed E-state index contributed by atoms with van der Waals surface area (Å²) in [7, 11) is 0. The molecule has 5 rings (SSSR count). The molecule has 0 spiro atoms. The Morgan fingerprint density at radius 2 is 1.73 bits per heavy atom. The number of likely N-dealkylation sites (tertiary alicyclic amines) is 1. The van der Waals surface area contributed by atoms with Crippen LogP contribution in [0.15, 0.2) is 48.5 Å². The zero-order valence-electron chi connectivity index (χ0n) is 24.9. The molecule has 2 aromatic rings. The second-order valence-corrected chi connectivity index (χ2v) is 13.4. The summed E-state index contributed by atoms with van der Waals surface area (Å²) in [6, 6.07) is 15.9. The van der Waals surface area contributed by atoms with Crippen molar-refractivity contribution in [2.75, 3.05) is 18.4 Å². The van der Waals surface area contributed by atoms with E-state index in [1.807, 2.05) is 48.5 Å². The van der Waals surface area contributed by atoms with E-state index in [-0.39, 0.29) is 18.8 Å². The van der Waals surface area contributed by atoms with Crippen molar-refractivity contribution in [2.24, 2.45) is 10.8 Å². The smallest absolute Gasteiger partial charge is 0.303 e. The molecule has 2 heterocycles. The largest absolute Gasteiger partial charge is 0.453 e. The Labute approximate surface area is 243 Å². The fourth-order valence-corrected chi connectivity index (χ4v) is 7.35. The normalized spacial score (nSPS) is 30.0. The lowest BCUT2D eigenvalue weighted by molar-refractivity contribution is -0.253. The number of esters is 1. The Kier molecular flexibility index (Phi) is 8.58. The predicted molar refractivity (Wildman–Crippen MR) is 156 cm³/mol. The molecule has 8 nitrogen and oxygen atoms in total. The van der Waals surface area contributed by atoms with E-state index >= 15 is 0 Å². The third-order valence-electron chi connectivity index (χ3n) is 8.74. The lowest BCUT2D eigenvalue weighted by Crippen LogP contribution is -2.42. The Balaban J connectivity index is 1.32. The van der Waals surface area contributed by atoms with E-state index in [9.17, 15) is 14.7 Å². The highest BCUT2D eigenvalue weighted by molar-refractivity contribution is 5.94. The van der Waals surface area contributed by atoms with Gasteiger partial charge in [0.15, 0.2) is 12.4 Å². The minimum atomic E-state index is -0.881. The molecular formula is C33H44N2O6. The maximum Gasteiger partial charge on any atom is 0.303 e. The summed E-state index contributed by atoms with van der Waals surface area (Å²) in [5.41, 5.74) is 4.11. The molecular weight excluding hydrogens is 520 g/mol. The Morgan fingerprint density at radius 1 is 1.05 bits per heavy atom. The van der Waals surface area contributed by atoms with Crippen LogP contribution >= 0.6 is 0 Å². The number of hydrogen-bond acceptors (Lipinski definition) is 7. The van der Waals surface area contributed by atoms with Gasteiger partial charge in [-0.2, -0.15) is 0 Å². The number of ether oxygens (including phenoxy) is 3. The highest BCUT2D eigenvalue weighted by Crippen LogP contribution is 2.53. The van der Waals surface area contributed by atoms with E-state index in [4.69, 9.17) is 14.2 Å². The second kappa shape index (κ2) is 11.8.